The standard InChI is InChI=1S/C20H17F17O2/c21-13(22,1-2-38-9-4-6-3-7(9)8-5-10-12(39-10)11(6)8)14(23,24)15(25,26)16(27,28)17(29,30)18(31,32)19(33,34)20(35,36)37/h6-12H,1-5H2. The van der Waals surface area contributed by atoms with Gasteiger partial charge < -0.3 is 9.47 Å². The van der Waals surface area contributed by atoms with Gasteiger partial charge in [-0.1, -0.05) is 0 Å². The quantitative estimate of drug-likeness (QED) is 0.192. The zero-order valence-electron chi connectivity index (χ0n) is 18.8. The molecule has 1 saturated heterocycles. The van der Waals surface area contributed by atoms with Crippen molar-refractivity contribution in [3.63, 3.8) is 0 Å². The van der Waals surface area contributed by atoms with Crippen molar-refractivity contribution in [2.75, 3.05) is 6.61 Å². The molecule has 0 radical (unpaired) electrons. The maximum absolute atomic E-state index is 14.0. The predicted octanol–water partition coefficient (Wildman–Crippen LogP) is 7.21. The lowest BCUT2D eigenvalue weighted by molar-refractivity contribution is -0.462. The van der Waals surface area contributed by atoms with Gasteiger partial charge in [-0.25, -0.2) is 0 Å². The highest BCUT2D eigenvalue weighted by Crippen LogP contribution is 2.66. The summed E-state index contributed by atoms with van der Waals surface area (Å²) in [6.07, 6.45) is -9.69. The van der Waals surface area contributed by atoms with E-state index in [2.05, 4.69) is 0 Å². The van der Waals surface area contributed by atoms with Crippen LogP contribution in [0.15, 0.2) is 0 Å². The Morgan fingerprint density at radius 3 is 1.56 bits per heavy atom. The summed E-state index contributed by atoms with van der Waals surface area (Å²) >= 11 is 0. The predicted molar refractivity (Wildman–Crippen MR) is 91.5 cm³/mol. The van der Waals surface area contributed by atoms with Crippen LogP contribution in [0.5, 0.6) is 0 Å². The third-order valence-electron chi connectivity index (χ3n) is 8.22. The first kappa shape index (κ1) is 30.7. The molecule has 0 aromatic carbocycles. The van der Waals surface area contributed by atoms with E-state index in [-0.39, 0.29) is 42.3 Å². The molecule has 4 fully saturated rings. The molecule has 1 heterocycles. The molecule has 0 N–H and O–H groups in total. The minimum atomic E-state index is -8.61. The first-order valence-electron chi connectivity index (χ1n) is 11.3. The molecule has 228 valence electrons. The number of fused-ring (bicyclic) bond motifs is 7. The molecule has 1 aliphatic heterocycles. The lowest BCUT2D eigenvalue weighted by atomic mass is 9.79. The van der Waals surface area contributed by atoms with Gasteiger partial charge in [0.2, 0.25) is 0 Å². The van der Waals surface area contributed by atoms with Gasteiger partial charge in [0.1, 0.15) is 0 Å². The lowest BCUT2D eigenvalue weighted by Gasteiger charge is -2.42. The Balaban J connectivity index is 1.47. The molecule has 2 nitrogen and oxygen atoms in total. The van der Waals surface area contributed by atoms with Crippen molar-refractivity contribution < 1.29 is 84.1 Å². The number of ether oxygens (including phenoxy) is 2. The second kappa shape index (κ2) is 8.40. The summed E-state index contributed by atoms with van der Waals surface area (Å²) in [5, 5.41) is 0. The van der Waals surface area contributed by atoms with Crippen LogP contribution in [0.25, 0.3) is 0 Å². The minimum Gasteiger partial charge on any atom is -0.378 e. The van der Waals surface area contributed by atoms with Crippen LogP contribution in [-0.4, -0.2) is 72.6 Å². The monoisotopic (exact) mass is 612 g/mol. The van der Waals surface area contributed by atoms with Crippen LogP contribution in [0.4, 0.5) is 74.6 Å². The molecule has 0 aromatic heterocycles. The Hall–Kier alpha value is -1.27. The summed E-state index contributed by atoms with van der Waals surface area (Å²) in [5.74, 6) is -56.1. The van der Waals surface area contributed by atoms with E-state index in [9.17, 15) is 74.6 Å². The third-order valence-corrected chi connectivity index (χ3v) is 8.22. The molecule has 0 amide bonds. The fourth-order valence-electron chi connectivity index (χ4n) is 6.15. The average molecular weight is 612 g/mol. The SMILES string of the molecule is FC(F)(F)C(F)(F)C(F)(F)C(F)(F)C(F)(F)C(F)(F)C(F)(F)C(F)(F)CCOC1CC2CC1C1CC3OC3C21. The largest absolute Gasteiger partial charge is 0.460 e. The zero-order valence-corrected chi connectivity index (χ0v) is 18.8. The number of rotatable bonds is 10. The number of hydrogen-bond donors (Lipinski definition) is 0. The number of hydrogen-bond acceptors (Lipinski definition) is 2. The van der Waals surface area contributed by atoms with Crippen molar-refractivity contribution in [2.45, 2.75) is 91.6 Å². The van der Waals surface area contributed by atoms with Gasteiger partial charge in [0.25, 0.3) is 0 Å². The van der Waals surface area contributed by atoms with E-state index in [4.69, 9.17) is 9.47 Å². The van der Waals surface area contributed by atoms with E-state index >= 15 is 0 Å². The van der Waals surface area contributed by atoms with Crippen molar-refractivity contribution >= 4 is 0 Å². The molecule has 7 unspecified atom stereocenters. The van der Waals surface area contributed by atoms with Crippen LogP contribution < -0.4 is 0 Å². The summed E-state index contributed by atoms with van der Waals surface area (Å²) in [6.45, 7) is -1.52. The first-order valence-corrected chi connectivity index (χ1v) is 11.3. The maximum atomic E-state index is 14.0. The van der Waals surface area contributed by atoms with Crippen molar-refractivity contribution in [1.29, 1.82) is 0 Å². The molecule has 3 saturated carbocycles. The van der Waals surface area contributed by atoms with Crippen molar-refractivity contribution in [2.24, 2.45) is 23.7 Å². The molecule has 7 atom stereocenters. The second-order valence-corrected chi connectivity index (χ2v) is 10.3. The zero-order chi connectivity index (χ0) is 30.0. The third kappa shape index (κ3) is 3.89. The molecule has 3 aliphatic carbocycles. The van der Waals surface area contributed by atoms with E-state index in [0.29, 0.717) is 12.8 Å². The van der Waals surface area contributed by atoms with Crippen LogP contribution in [0.1, 0.15) is 25.7 Å². The van der Waals surface area contributed by atoms with E-state index in [1.165, 1.54) is 0 Å². The summed E-state index contributed by atoms with van der Waals surface area (Å²) < 4.78 is 237. The van der Waals surface area contributed by atoms with E-state index in [0.717, 1.165) is 0 Å². The molecule has 0 aromatic rings. The second-order valence-electron chi connectivity index (χ2n) is 10.3. The summed E-state index contributed by atoms with van der Waals surface area (Å²) in [6, 6.07) is 0. The number of halogens is 17. The van der Waals surface area contributed by atoms with Crippen molar-refractivity contribution in [1.82, 2.24) is 0 Å². The topological polar surface area (TPSA) is 21.8 Å². The Morgan fingerprint density at radius 2 is 1.05 bits per heavy atom. The van der Waals surface area contributed by atoms with E-state index < -0.39 is 66.8 Å². The summed E-state index contributed by atoms with van der Waals surface area (Å²) in [4.78, 5) is 0. The fourth-order valence-corrected chi connectivity index (χ4v) is 6.15. The smallest absolute Gasteiger partial charge is 0.378 e. The van der Waals surface area contributed by atoms with E-state index in [1.54, 1.807) is 0 Å². The molecule has 4 rings (SSSR count). The van der Waals surface area contributed by atoms with Gasteiger partial charge in [0.15, 0.2) is 0 Å². The molecule has 19 heteroatoms. The molecule has 39 heavy (non-hydrogen) atoms. The minimum absolute atomic E-state index is 0.0116. The Bertz CT molecular complexity index is 960. The van der Waals surface area contributed by atoms with Crippen LogP contribution in [0.2, 0.25) is 0 Å². The van der Waals surface area contributed by atoms with Crippen LogP contribution >= 0.6 is 0 Å². The summed E-state index contributed by atoms with van der Waals surface area (Å²) in [7, 11) is 0. The van der Waals surface area contributed by atoms with Gasteiger partial charge in [-0.05, 0) is 42.9 Å². The Morgan fingerprint density at radius 1 is 0.564 bits per heavy atom. The fraction of sp³-hybridized carbons (Fsp3) is 1.00. The lowest BCUT2D eigenvalue weighted by Crippen LogP contribution is -2.74. The van der Waals surface area contributed by atoms with E-state index in [1.807, 2.05) is 0 Å². The van der Waals surface area contributed by atoms with Gasteiger partial charge >= 0.3 is 47.6 Å². The van der Waals surface area contributed by atoms with Crippen LogP contribution in [0.3, 0.4) is 0 Å². The van der Waals surface area contributed by atoms with Gasteiger partial charge in [-0.3, -0.25) is 0 Å². The highest BCUT2D eigenvalue weighted by Gasteiger charge is 2.95. The molecule has 0 spiro atoms. The van der Waals surface area contributed by atoms with Crippen LogP contribution in [-0.2, 0) is 9.47 Å². The Labute approximate surface area is 207 Å². The highest BCUT2D eigenvalue weighted by atomic mass is 19.4. The molecular weight excluding hydrogens is 595 g/mol. The van der Waals surface area contributed by atoms with Gasteiger partial charge in [-0.15, -0.1) is 0 Å². The number of epoxide rings is 1. The Kier molecular flexibility index (Phi) is 6.61. The maximum Gasteiger partial charge on any atom is 0.460 e. The van der Waals surface area contributed by atoms with Crippen LogP contribution in [0, 0.1) is 23.7 Å². The van der Waals surface area contributed by atoms with Gasteiger partial charge in [-0.2, -0.15) is 74.6 Å². The molecule has 2 bridgehead atoms. The first-order chi connectivity index (χ1) is 17.3. The molecule has 4 aliphatic rings. The molecular formula is C20H17F17O2. The summed E-state index contributed by atoms with van der Waals surface area (Å²) in [5.41, 5.74) is 0. The average Bonchev–Trinajstić information content (AvgIpc) is 3.10. The van der Waals surface area contributed by atoms with Gasteiger partial charge in [0, 0.05) is 6.42 Å². The van der Waals surface area contributed by atoms with Crippen molar-refractivity contribution in [3.05, 3.63) is 0 Å². The van der Waals surface area contributed by atoms with Gasteiger partial charge in [0.05, 0.1) is 24.9 Å². The van der Waals surface area contributed by atoms with Crippen molar-refractivity contribution in [3.8, 4) is 0 Å². The normalized spacial score (nSPS) is 33.9. The highest BCUT2D eigenvalue weighted by molar-refractivity contribution is 5.16. The number of alkyl halides is 17.